The molecule has 5 nitrogen and oxygen atoms in total. The Bertz CT molecular complexity index is 347. The molecule has 20 heavy (non-hydrogen) atoms. The van der Waals surface area contributed by atoms with Crippen LogP contribution < -0.4 is 0 Å². The van der Waals surface area contributed by atoms with Gasteiger partial charge in [-0.05, 0) is 39.8 Å². The van der Waals surface area contributed by atoms with Gasteiger partial charge >= 0.3 is 10.6 Å². The van der Waals surface area contributed by atoms with E-state index in [9.17, 15) is 9.59 Å². The molecule has 0 spiro atoms. The summed E-state index contributed by atoms with van der Waals surface area (Å²) in [4.78, 5) is 23.7. The Hall–Kier alpha value is 0.300. The van der Waals surface area contributed by atoms with E-state index in [4.69, 9.17) is 10.2 Å². The summed E-state index contributed by atoms with van der Waals surface area (Å²) in [6.07, 6.45) is 2.31. The molecule has 0 radical (unpaired) electrons. The average molecular weight is 358 g/mol. The van der Waals surface area contributed by atoms with Gasteiger partial charge in [-0.3, -0.25) is 4.90 Å². The molecule has 1 aliphatic rings. The second kappa shape index (κ2) is 8.67. The largest absolute Gasteiger partial charge is 0.473 e. The lowest BCUT2D eigenvalue weighted by Gasteiger charge is -2.38. The lowest BCUT2D eigenvalue weighted by Crippen LogP contribution is -2.47. The van der Waals surface area contributed by atoms with Crippen molar-refractivity contribution >= 4 is 53.8 Å². The van der Waals surface area contributed by atoms with Crippen molar-refractivity contribution in [2.75, 3.05) is 18.8 Å². The van der Waals surface area contributed by atoms with E-state index in [0.29, 0.717) is 5.75 Å². The Labute approximate surface area is 134 Å². The van der Waals surface area contributed by atoms with Gasteiger partial charge in [0.15, 0.2) is 0 Å². The zero-order valence-corrected chi connectivity index (χ0v) is 14.7. The van der Waals surface area contributed by atoms with Gasteiger partial charge in [-0.1, -0.05) is 21.6 Å². The Balaban J connectivity index is 2.63. The first-order valence-corrected chi connectivity index (χ1v) is 10.6. The molecule has 0 aliphatic carbocycles. The molecule has 9 heteroatoms. The molecule has 1 aliphatic heterocycles. The summed E-state index contributed by atoms with van der Waals surface area (Å²) < 4.78 is -0.251. The summed E-state index contributed by atoms with van der Waals surface area (Å²) in [7, 11) is 4.34. The highest BCUT2D eigenvalue weighted by molar-refractivity contribution is 8.82. The molecule has 0 aromatic rings. The normalized spacial score (nSPS) is 18.1. The first kappa shape index (κ1) is 18.3. The second-order valence-corrected chi connectivity index (χ2v) is 9.96. The van der Waals surface area contributed by atoms with Crippen LogP contribution in [0.3, 0.4) is 0 Å². The van der Waals surface area contributed by atoms with Crippen LogP contribution in [0.5, 0.6) is 0 Å². The van der Waals surface area contributed by atoms with Crippen LogP contribution in [0.1, 0.15) is 26.7 Å². The van der Waals surface area contributed by atoms with Gasteiger partial charge in [0.05, 0.1) is 0 Å². The Morgan fingerprint density at radius 2 is 1.70 bits per heavy atom. The quantitative estimate of drug-likeness (QED) is 0.646. The van der Waals surface area contributed by atoms with Crippen LogP contribution in [0, 0.1) is 0 Å². The van der Waals surface area contributed by atoms with Gasteiger partial charge in [-0.2, -0.15) is 0 Å². The van der Waals surface area contributed by atoms with Crippen LogP contribution in [-0.2, 0) is 0 Å². The first-order valence-electron chi connectivity index (χ1n) is 6.18. The van der Waals surface area contributed by atoms with E-state index < -0.39 is 10.6 Å². The topological polar surface area (TPSA) is 77.8 Å². The highest BCUT2D eigenvalue weighted by atomic mass is 33.1. The highest BCUT2D eigenvalue weighted by Crippen LogP contribution is 2.42. The van der Waals surface area contributed by atoms with Gasteiger partial charge in [0, 0.05) is 38.1 Å². The van der Waals surface area contributed by atoms with E-state index in [-0.39, 0.29) is 10.8 Å². The minimum absolute atomic E-state index is 0.165. The fourth-order valence-corrected chi connectivity index (χ4v) is 5.89. The molecule has 116 valence electrons. The lowest BCUT2D eigenvalue weighted by molar-refractivity contribution is 0.221. The van der Waals surface area contributed by atoms with Crippen molar-refractivity contribution in [3.05, 3.63) is 0 Å². The minimum atomic E-state index is -0.893. The predicted molar refractivity (Wildman–Crippen MR) is 90.0 cm³/mol. The summed E-state index contributed by atoms with van der Waals surface area (Å²) >= 11 is 0. The summed E-state index contributed by atoms with van der Waals surface area (Å²) in [6, 6.07) is 0.165. The molecule has 1 heterocycles. The third-order valence-electron chi connectivity index (χ3n) is 3.07. The maximum Gasteiger partial charge on any atom is 0.375 e. The van der Waals surface area contributed by atoms with Gasteiger partial charge in [0.1, 0.15) is 0 Å². The number of hydrogen-bond donors (Lipinski definition) is 2. The van der Waals surface area contributed by atoms with E-state index in [1.54, 1.807) is 0 Å². The summed E-state index contributed by atoms with van der Waals surface area (Å²) in [5, 5.41) is 15.7. The molecule has 2 N–H and O–H groups in total. The average Bonchev–Trinajstić information content (AvgIpc) is 2.85. The Morgan fingerprint density at radius 1 is 1.15 bits per heavy atom. The molecular weight excluding hydrogens is 338 g/mol. The predicted octanol–water partition coefficient (Wildman–Crippen LogP) is 4.35. The third-order valence-corrected chi connectivity index (χ3v) is 7.86. The second-order valence-electron chi connectivity index (χ2n) is 4.93. The number of carbonyl (C=O) groups is 2. The molecule has 1 unspecified atom stereocenters. The minimum Gasteiger partial charge on any atom is -0.473 e. The van der Waals surface area contributed by atoms with Gasteiger partial charge in [-0.25, -0.2) is 9.59 Å². The van der Waals surface area contributed by atoms with Crippen molar-refractivity contribution in [3.63, 3.8) is 0 Å². The number of rotatable bonds is 7. The van der Waals surface area contributed by atoms with Crippen molar-refractivity contribution in [2.24, 2.45) is 0 Å². The van der Waals surface area contributed by atoms with Crippen molar-refractivity contribution in [1.29, 1.82) is 0 Å². The molecule has 0 amide bonds. The molecule has 0 bridgehead atoms. The lowest BCUT2D eigenvalue weighted by atomic mass is 10.0. The number of likely N-dealkylation sites (tertiary alicyclic amines) is 1. The SMILES string of the molecule is CC(C)(SSC(=O)O)C(CSSC(=O)O)N1CCCC1. The molecule has 0 aromatic carbocycles. The molecule has 1 rings (SSSR count). The Morgan fingerprint density at radius 3 is 2.20 bits per heavy atom. The first-order chi connectivity index (χ1) is 9.33. The molecule has 0 aromatic heterocycles. The van der Waals surface area contributed by atoms with Gasteiger partial charge in [-0.15, -0.1) is 0 Å². The van der Waals surface area contributed by atoms with Crippen LogP contribution in [0.25, 0.3) is 0 Å². The Kier molecular flexibility index (Phi) is 7.96. The standard InChI is InChI=1S/C11H19NO4S4/c1-11(2,20-19-10(15)16)8(7-17-18-9(13)14)12-5-3-4-6-12/h8H,3-7H2,1-2H3,(H,13,14)(H,15,16). The monoisotopic (exact) mass is 357 g/mol. The van der Waals surface area contributed by atoms with E-state index in [2.05, 4.69) is 4.90 Å². The third kappa shape index (κ3) is 6.38. The molecule has 1 atom stereocenters. The highest BCUT2D eigenvalue weighted by Gasteiger charge is 2.37. The van der Waals surface area contributed by atoms with E-state index in [1.807, 2.05) is 13.8 Å². The van der Waals surface area contributed by atoms with E-state index in [0.717, 1.165) is 47.5 Å². The summed E-state index contributed by atoms with van der Waals surface area (Å²) in [5.41, 5.74) is 0. The zero-order valence-electron chi connectivity index (χ0n) is 11.4. The fraction of sp³-hybridized carbons (Fsp3) is 0.818. The molecule has 1 fully saturated rings. The summed E-state index contributed by atoms with van der Waals surface area (Å²) in [6.45, 7) is 6.07. The van der Waals surface area contributed by atoms with Crippen molar-refractivity contribution in [2.45, 2.75) is 37.5 Å². The van der Waals surface area contributed by atoms with Crippen molar-refractivity contribution in [3.8, 4) is 0 Å². The van der Waals surface area contributed by atoms with Gasteiger partial charge in [0.25, 0.3) is 0 Å². The number of hydrogen-bond acceptors (Lipinski definition) is 7. The maximum absolute atomic E-state index is 10.7. The zero-order chi connectivity index (χ0) is 15.2. The van der Waals surface area contributed by atoms with Crippen LogP contribution >= 0.6 is 43.2 Å². The molecule has 0 saturated carbocycles. The number of carboxylic acid groups (broad SMARTS) is 2. The fourth-order valence-electron chi connectivity index (χ4n) is 2.15. The van der Waals surface area contributed by atoms with Crippen LogP contribution in [0.4, 0.5) is 9.59 Å². The van der Waals surface area contributed by atoms with Crippen molar-refractivity contribution in [1.82, 2.24) is 4.90 Å². The van der Waals surface area contributed by atoms with Crippen molar-refractivity contribution < 1.29 is 19.8 Å². The molecular formula is C11H19NO4S4. The number of nitrogens with zero attached hydrogens (tertiary/aromatic N) is 1. The van der Waals surface area contributed by atoms with Crippen LogP contribution in [0.15, 0.2) is 0 Å². The van der Waals surface area contributed by atoms with E-state index >= 15 is 0 Å². The van der Waals surface area contributed by atoms with Crippen LogP contribution in [0.2, 0.25) is 0 Å². The van der Waals surface area contributed by atoms with Gasteiger partial charge < -0.3 is 10.2 Å². The maximum atomic E-state index is 10.7. The van der Waals surface area contributed by atoms with Crippen LogP contribution in [-0.4, -0.2) is 55.3 Å². The van der Waals surface area contributed by atoms with E-state index in [1.165, 1.54) is 21.6 Å². The van der Waals surface area contributed by atoms with Gasteiger partial charge in [0.2, 0.25) is 0 Å². The molecule has 1 saturated heterocycles. The smallest absolute Gasteiger partial charge is 0.375 e. The summed E-state index contributed by atoms with van der Waals surface area (Å²) in [5.74, 6) is 0.678.